The highest BCUT2D eigenvalue weighted by molar-refractivity contribution is 8.01. The maximum Gasteiger partial charge on any atom is 0.247 e. The van der Waals surface area contributed by atoms with E-state index in [1.807, 2.05) is 12.1 Å². The molecule has 2 aliphatic rings. The molecular formula is C19H12BFS2. The summed E-state index contributed by atoms with van der Waals surface area (Å²) in [5, 5.41) is 0. The topological polar surface area (TPSA) is 0 Å². The zero-order chi connectivity index (χ0) is 15.4. The van der Waals surface area contributed by atoms with Crippen molar-refractivity contribution >= 4 is 46.6 Å². The molecule has 0 amide bonds. The Balaban J connectivity index is 1.85. The summed E-state index contributed by atoms with van der Waals surface area (Å²) in [5.74, 6) is 0. The van der Waals surface area contributed by atoms with E-state index in [-0.39, 0.29) is 6.71 Å². The Hall–Kier alpha value is -1.65. The van der Waals surface area contributed by atoms with E-state index in [0.29, 0.717) is 0 Å². The van der Waals surface area contributed by atoms with Crippen LogP contribution in [0.3, 0.4) is 0 Å². The molecule has 110 valence electrons. The number of alkyl halides is 1. The van der Waals surface area contributed by atoms with Gasteiger partial charge in [0.05, 0.1) is 0 Å². The van der Waals surface area contributed by atoms with E-state index in [9.17, 15) is 4.39 Å². The predicted octanol–water partition coefficient (Wildman–Crippen LogP) is 3.60. The Morgan fingerprint density at radius 2 is 1.26 bits per heavy atom. The van der Waals surface area contributed by atoms with Gasteiger partial charge in [0.15, 0.2) is 0 Å². The van der Waals surface area contributed by atoms with Crippen LogP contribution in [0.2, 0.25) is 0 Å². The van der Waals surface area contributed by atoms with Crippen LogP contribution in [0.4, 0.5) is 4.39 Å². The molecule has 0 bridgehead atoms. The van der Waals surface area contributed by atoms with Gasteiger partial charge in [0, 0.05) is 19.6 Å². The van der Waals surface area contributed by atoms with Crippen LogP contribution in [-0.2, 0) is 6.67 Å². The maximum absolute atomic E-state index is 13.3. The fourth-order valence-electron chi connectivity index (χ4n) is 3.53. The minimum Gasteiger partial charge on any atom is -0.246 e. The van der Waals surface area contributed by atoms with Crippen molar-refractivity contribution in [2.24, 2.45) is 0 Å². The van der Waals surface area contributed by atoms with E-state index in [0.717, 1.165) is 5.56 Å². The summed E-state index contributed by atoms with van der Waals surface area (Å²) in [6.07, 6.45) is 0. The lowest BCUT2D eigenvalue weighted by molar-refractivity contribution is 0.484. The van der Waals surface area contributed by atoms with Crippen LogP contribution in [0, 0.1) is 0 Å². The molecule has 2 aliphatic heterocycles. The molecule has 0 aliphatic carbocycles. The van der Waals surface area contributed by atoms with Crippen LogP contribution < -0.4 is 16.4 Å². The third-order valence-corrected chi connectivity index (χ3v) is 6.81. The predicted molar refractivity (Wildman–Crippen MR) is 97.0 cm³/mol. The molecule has 23 heavy (non-hydrogen) atoms. The van der Waals surface area contributed by atoms with Crippen LogP contribution >= 0.6 is 23.5 Å². The van der Waals surface area contributed by atoms with Gasteiger partial charge in [-0.1, -0.05) is 70.8 Å². The van der Waals surface area contributed by atoms with E-state index in [1.54, 1.807) is 23.5 Å². The Kier molecular flexibility index (Phi) is 3.10. The first kappa shape index (κ1) is 13.8. The lowest BCUT2D eigenvalue weighted by Gasteiger charge is -2.33. The van der Waals surface area contributed by atoms with E-state index in [2.05, 4.69) is 48.5 Å². The molecule has 0 N–H and O–H groups in total. The average Bonchev–Trinajstić information content (AvgIpc) is 2.61. The molecule has 0 fully saturated rings. The Morgan fingerprint density at radius 3 is 1.78 bits per heavy atom. The van der Waals surface area contributed by atoms with Gasteiger partial charge in [-0.05, 0) is 35.3 Å². The molecular weight excluding hydrogens is 322 g/mol. The second kappa shape index (κ2) is 5.18. The number of rotatable bonds is 1. The summed E-state index contributed by atoms with van der Waals surface area (Å²) in [5.41, 5.74) is 4.87. The second-order valence-corrected chi connectivity index (χ2v) is 8.02. The minimum absolute atomic E-state index is 0.267. The fourth-order valence-corrected chi connectivity index (χ4v) is 6.06. The van der Waals surface area contributed by atoms with Crippen molar-refractivity contribution < 1.29 is 4.39 Å². The summed E-state index contributed by atoms with van der Waals surface area (Å²) < 4.78 is 13.3. The highest BCUT2D eigenvalue weighted by Gasteiger charge is 2.37. The van der Waals surface area contributed by atoms with Gasteiger partial charge in [-0.15, -0.1) is 0 Å². The minimum atomic E-state index is -0.407. The fraction of sp³-hybridized carbons (Fsp3) is 0.0526. The number of halogens is 1. The van der Waals surface area contributed by atoms with Crippen LogP contribution in [0.15, 0.2) is 80.2 Å². The lowest BCUT2D eigenvalue weighted by Crippen LogP contribution is -2.58. The number of benzene rings is 3. The molecule has 3 aromatic carbocycles. The summed E-state index contributed by atoms with van der Waals surface area (Å²) in [6, 6.07) is 21.3. The van der Waals surface area contributed by atoms with E-state index in [1.165, 1.54) is 36.0 Å². The largest absolute Gasteiger partial charge is 0.247 e. The summed E-state index contributed by atoms with van der Waals surface area (Å²) >= 11 is 3.55. The zero-order valence-corrected chi connectivity index (χ0v) is 13.9. The molecule has 0 aromatic heterocycles. The van der Waals surface area contributed by atoms with Gasteiger partial charge in [-0.3, -0.25) is 0 Å². The molecule has 0 atom stereocenters. The molecule has 0 unspecified atom stereocenters. The van der Waals surface area contributed by atoms with Gasteiger partial charge >= 0.3 is 0 Å². The van der Waals surface area contributed by atoms with Crippen LogP contribution in [0.25, 0.3) is 0 Å². The second-order valence-electron chi connectivity index (χ2n) is 5.85. The summed E-state index contributed by atoms with van der Waals surface area (Å²) in [7, 11) is 0. The van der Waals surface area contributed by atoms with Gasteiger partial charge in [-0.2, -0.15) is 0 Å². The molecule has 2 heterocycles. The third kappa shape index (κ3) is 2.01. The van der Waals surface area contributed by atoms with Gasteiger partial charge in [-0.25, -0.2) is 4.39 Å². The molecule has 0 radical (unpaired) electrons. The first-order chi connectivity index (χ1) is 11.3. The monoisotopic (exact) mass is 334 g/mol. The third-order valence-electron chi connectivity index (χ3n) is 4.51. The standard InChI is InChI=1S/C19H12BFS2/c21-11-12-9-17-19-18(10-12)23-16-8-4-2-6-14(16)20(19)13-5-1-3-7-15(13)22-17/h1-10H,11H2. The molecule has 5 rings (SSSR count). The van der Waals surface area contributed by atoms with Crippen molar-refractivity contribution in [3.63, 3.8) is 0 Å². The van der Waals surface area contributed by atoms with Crippen LogP contribution in [0.5, 0.6) is 0 Å². The molecule has 0 saturated carbocycles. The molecule has 3 aromatic rings. The number of hydrogen-bond acceptors (Lipinski definition) is 2. The van der Waals surface area contributed by atoms with Gasteiger partial charge < -0.3 is 0 Å². The Bertz CT molecular complexity index is 868. The van der Waals surface area contributed by atoms with Gasteiger partial charge in [0.25, 0.3) is 0 Å². The highest BCUT2D eigenvalue weighted by atomic mass is 32.2. The zero-order valence-electron chi connectivity index (χ0n) is 12.3. The molecule has 0 spiro atoms. The Morgan fingerprint density at radius 1 is 0.739 bits per heavy atom. The van der Waals surface area contributed by atoms with Gasteiger partial charge in [0.2, 0.25) is 6.71 Å². The highest BCUT2D eigenvalue weighted by Crippen LogP contribution is 2.38. The van der Waals surface area contributed by atoms with Crippen molar-refractivity contribution in [1.82, 2.24) is 0 Å². The molecule has 4 heteroatoms. The first-order valence-electron chi connectivity index (χ1n) is 7.61. The van der Waals surface area contributed by atoms with Crippen LogP contribution in [0.1, 0.15) is 5.56 Å². The van der Waals surface area contributed by atoms with Crippen LogP contribution in [-0.4, -0.2) is 6.71 Å². The Labute approximate surface area is 143 Å². The number of hydrogen-bond donors (Lipinski definition) is 0. The van der Waals surface area contributed by atoms with Crippen molar-refractivity contribution in [2.75, 3.05) is 0 Å². The van der Waals surface area contributed by atoms with E-state index < -0.39 is 6.67 Å². The SMILES string of the molecule is FCc1cc2c3c(c1)Sc1ccccc1B3c1ccccc1S2. The normalized spacial score (nSPS) is 14.0. The van der Waals surface area contributed by atoms with Crippen molar-refractivity contribution in [3.8, 4) is 0 Å². The average molecular weight is 334 g/mol. The van der Waals surface area contributed by atoms with Crippen molar-refractivity contribution in [3.05, 3.63) is 66.2 Å². The molecule has 0 nitrogen and oxygen atoms in total. The smallest absolute Gasteiger partial charge is 0.246 e. The number of fused-ring (bicyclic) bond motifs is 4. The quantitative estimate of drug-likeness (QED) is 0.430. The van der Waals surface area contributed by atoms with Crippen molar-refractivity contribution in [1.29, 1.82) is 0 Å². The van der Waals surface area contributed by atoms with E-state index >= 15 is 0 Å². The van der Waals surface area contributed by atoms with E-state index in [4.69, 9.17) is 0 Å². The summed E-state index contributed by atoms with van der Waals surface area (Å²) in [4.78, 5) is 4.99. The maximum atomic E-state index is 13.3. The molecule has 0 saturated heterocycles. The van der Waals surface area contributed by atoms with Crippen molar-refractivity contribution in [2.45, 2.75) is 26.3 Å². The first-order valence-corrected chi connectivity index (χ1v) is 9.25. The lowest BCUT2D eigenvalue weighted by atomic mass is 9.36. The van der Waals surface area contributed by atoms with Gasteiger partial charge in [0.1, 0.15) is 6.67 Å². The summed E-state index contributed by atoms with van der Waals surface area (Å²) in [6.45, 7) is -0.140.